The Hall–Kier alpha value is -4.36. The highest BCUT2D eigenvalue weighted by Crippen LogP contribution is 2.18. The van der Waals surface area contributed by atoms with Crippen LogP contribution in [0.4, 0.5) is 23.5 Å². The first-order valence-corrected chi connectivity index (χ1v) is 12.0. The van der Waals surface area contributed by atoms with Crippen molar-refractivity contribution in [1.82, 2.24) is 25.1 Å². The maximum absolute atomic E-state index is 14.6. The van der Waals surface area contributed by atoms with E-state index >= 15 is 0 Å². The molecule has 4 rings (SSSR count). The van der Waals surface area contributed by atoms with Gasteiger partial charge >= 0.3 is 12.1 Å². The fraction of sp³-hybridized carbons (Fsp3) is 0.360. The van der Waals surface area contributed by atoms with Crippen molar-refractivity contribution in [1.29, 1.82) is 0 Å². The Bertz CT molecular complexity index is 1350. The number of anilines is 1. The van der Waals surface area contributed by atoms with Crippen LogP contribution in [0.3, 0.4) is 0 Å². The first-order chi connectivity index (χ1) is 18.5. The number of aromatic nitrogens is 4. The number of rotatable bonds is 5. The van der Waals surface area contributed by atoms with E-state index in [2.05, 4.69) is 20.2 Å². The minimum Gasteiger partial charge on any atom is -0.475 e. The number of hydrogen-bond donors (Lipinski definition) is 2. The lowest BCUT2D eigenvalue weighted by atomic mass is 10.0. The molecule has 2 aromatic heterocycles. The number of alkyl halides is 3. The molecule has 0 radical (unpaired) electrons. The summed E-state index contributed by atoms with van der Waals surface area (Å²) in [5.74, 6) is -3.00. The molecule has 0 spiro atoms. The molecule has 3 aromatic rings. The third-order valence-corrected chi connectivity index (χ3v) is 5.82. The van der Waals surface area contributed by atoms with Crippen molar-refractivity contribution in [3.8, 4) is 0 Å². The van der Waals surface area contributed by atoms with Crippen molar-refractivity contribution in [2.24, 2.45) is 0 Å². The molecular formula is C25H26F4N6O4. The van der Waals surface area contributed by atoms with Gasteiger partial charge in [-0.05, 0) is 42.7 Å². The van der Waals surface area contributed by atoms with E-state index in [1.165, 1.54) is 6.07 Å². The number of H-pyrrole nitrogens is 1. The Labute approximate surface area is 220 Å². The highest BCUT2D eigenvalue weighted by molar-refractivity contribution is 5.94. The molecule has 0 atom stereocenters. The molecule has 14 heteroatoms. The third kappa shape index (κ3) is 8.06. The van der Waals surface area contributed by atoms with Gasteiger partial charge in [-0.1, -0.05) is 13.0 Å². The van der Waals surface area contributed by atoms with E-state index in [-0.39, 0.29) is 17.0 Å². The van der Waals surface area contributed by atoms with Crippen molar-refractivity contribution >= 4 is 17.8 Å². The molecule has 3 heterocycles. The number of carbonyl (C=O) groups is 2. The van der Waals surface area contributed by atoms with Gasteiger partial charge in [0, 0.05) is 50.6 Å². The fourth-order valence-corrected chi connectivity index (χ4v) is 3.85. The quantitative estimate of drug-likeness (QED) is 0.464. The zero-order valence-corrected chi connectivity index (χ0v) is 20.9. The van der Waals surface area contributed by atoms with E-state index in [1.54, 1.807) is 41.6 Å². The number of amides is 1. The maximum atomic E-state index is 14.6. The minimum absolute atomic E-state index is 0.0482. The molecule has 0 unspecified atom stereocenters. The number of aliphatic carboxylic acids is 1. The van der Waals surface area contributed by atoms with Gasteiger partial charge in [0.2, 0.25) is 5.95 Å². The molecule has 10 nitrogen and oxygen atoms in total. The van der Waals surface area contributed by atoms with Crippen molar-refractivity contribution in [2.75, 3.05) is 31.1 Å². The molecule has 39 heavy (non-hydrogen) atoms. The van der Waals surface area contributed by atoms with Crippen molar-refractivity contribution in [3.63, 3.8) is 0 Å². The average molecular weight is 551 g/mol. The predicted octanol–water partition coefficient (Wildman–Crippen LogP) is 2.84. The largest absolute Gasteiger partial charge is 0.490 e. The number of carboxylic acids is 1. The molecule has 1 aliphatic heterocycles. The Kier molecular flexibility index (Phi) is 9.68. The molecule has 0 saturated carbocycles. The second-order valence-corrected chi connectivity index (χ2v) is 8.54. The number of carbonyl (C=O) groups excluding carboxylic acids is 1. The number of aromatic amines is 1. The third-order valence-electron chi connectivity index (χ3n) is 5.82. The SMILES string of the molecule is CCc1cc(Cc2ccc(F)c(C(=O)N3CCCN(c4ncccn4)CC3)c2)n[nH]c1=O.O=C(O)C(F)(F)F. The summed E-state index contributed by atoms with van der Waals surface area (Å²) in [5, 5.41) is 13.7. The molecule has 2 N–H and O–H groups in total. The van der Waals surface area contributed by atoms with Crippen LogP contribution in [0.25, 0.3) is 0 Å². The first kappa shape index (κ1) is 29.2. The normalized spacial score (nSPS) is 13.8. The average Bonchev–Trinajstić information content (AvgIpc) is 3.17. The topological polar surface area (TPSA) is 132 Å². The molecule has 1 saturated heterocycles. The molecule has 1 aliphatic rings. The van der Waals surface area contributed by atoms with Crippen LogP contribution in [-0.4, -0.2) is 74.4 Å². The van der Waals surface area contributed by atoms with Crippen LogP contribution < -0.4 is 10.5 Å². The van der Waals surface area contributed by atoms with Crippen LogP contribution in [0.15, 0.2) is 47.5 Å². The lowest BCUT2D eigenvalue weighted by Gasteiger charge is -2.22. The maximum Gasteiger partial charge on any atom is 0.490 e. The Balaban J connectivity index is 0.000000532. The van der Waals surface area contributed by atoms with E-state index in [1.807, 2.05) is 11.8 Å². The summed E-state index contributed by atoms with van der Waals surface area (Å²) in [6.45, 7) is 4.20. The fourth-order valence-electron chi connectivity index (χ4n) is 3.85. The number of nitrogens with zero attached hydrogens (tertiary/aromatic N) is 5. The van der Waals surface area contributed by atoms with Crippen LogP contribution in [-0.2, 0) is 17.6 Å². The van der Waals surface area contributed by atoms with Gasteiger partial charge in [-0.25, -0.2) is 24.3 Å². The van der Waals surface area contributed by atoms with Gasteiger partial charge in [0.15, 0.2) is 0 Å². The number of benzene rings is 1. The van der Waals surface area contributed by atoms with E-state index in [0.29, 0.717) is 49.7 Å². The monoisotopic (exact) mass is 550 g/mol. The lowest BCUT2D eigenvalue weighted by Crippen LogP contribution is -2.36. The van der Waals surface area contributed by atoms with Gasteiger partial charge in [0.1, 0.15) is 5.82 Å². The molecule has 1 aromatic carbocycles. The molecule has 208 valence electrons. The zero-order chi connectivity index (χ0) is 28.6. The van der Waals surface area contributed by atoms with E-state index < -0.39 is 18.0 Å². The van der Waals surface area contributed by atoms with Crippen molar-refractivity contribution in [3.05, 3.63) is 81.3 Å². The second-order valence-electron chi connectivity index (χ2n) is 8.54. The molecule has 0 aliphatic carbocycles. The van der Waals surface area contributed by atoms with Gasteiger partial charge in [-0.3, -0.25) is 9.59 Å². The van der Waals surface area contributed by atoms with Gasteiger partial charge in [0.25, 0.3) is 11.5 Å². The lowest BCUT2D eigenvalue weighted by molar-refractivity contribution is -0.192. The molecule has 0 bridgehead atoms. The van der Waals surface area contributed by atoms with Gasteiger partial charge in [-0.15, -0.1) is 0 Å². The summed E-state index contributed by atoms with van der Waals surface area (Å²) in [6, 6.07) is 8.05. The van der Waals surface area contributed by atoms with Crippen LogP contribution >= 0.6 is 0 Å². The summed E-state index contributed by atoms with van der Waals surface area (Å²) < 4.78 is 46.3. The summed E-state index contributed by atoms with van der Waals surface area (Å²) in [4.78, 5) is 46.0. The van der Waals surface area contributed by atoms with Crippen LogP contribution in [0.5, 0.6) is 0 Å². The molecule has 1 fully saturated rings. The van der Waals surface area contributed by atoms with Crippen molar-refractivity contribution < 1.29 is 32.3 Å². The number of carboxylic acid groups (broad SMARTS) is 1. The number of aryl methyl sites for hydroxylation is 1. The highest BCUT2D eigenvalue weighted by Gasteiger charge is 2.38. The van der Waals surface area contributed by atoms with E-state index in [4.69, 9.17) is 9.90 Å². The predicted molar refractivity (Wildman–Crippen MR) is 132 cm³/mol. The second kappa shape index (κ2) is 12.9. The number of hydrogen-bond acceptors (Lipinski definition) is 7. The Morgan fingerprint density at radius 2 is 1.77 bits per heavy atom. The smallest absolute Gasteiger partial charge is 0.475 e. The Morgan fingerprint density at radius 3 is 2.41 bits per heavy atom. The Morgan fingerprint density at radius 1 is 1.08 bits per heavy atom. The zero-order valence-electron chi connectivity index (χ0n) is 20.9. The summed E-state index contributed by atoms with van der Waals surface area (Å²) in [5.41, 5.74) is 1.91. The van der Waals surface area contributed by atoms with Crippen LogP contribution in [0.2, 0.25) is 0 Å². The summed E-state index contributed by atoms with van der Waals surface area (Å²) >= 11 is 0. The van der Waals surface area contributed by atoms with E-state index in [9.17, 15) is 27.2 Å². The van der Waals surface area contributed by atoms with Gasteiger partial charge in [0.05, 0.1) is 11.3 Å². The first-order valence-electron chi connectivity index (χ1n) is 12.0. The summed E-state index contributed by atoms with van der Waals surface area (Å²) in [7, 11) is 0. The van der Waals surface area contributed by atoms with E-state index in [0.717, 1.165) is 18.5 Å². The standard InChI is InChI=1S/C23H25FN6O2.C2HF3O2/c1-2-17-15-18(27-28-21(17)31)13-16-5-6-20(24)19(14-16)22(32)29-9-4-10-30(12-11-29)23-25-7-3-8-26-23;3-2(4,5)1(6)7/h3,5-8,14-15H,2,4,9-13H2,1H3,(H,28,31);(H,6,7). The molecular weight excluding hydrogens is 524 g/mol. The van der Waals surface area contributed by atoms with Gasteiger partial charge < -0.3 is 14.9 Å². The number of halogens is 4. The van der Waals surface area contributed by atoms with Crippen LogP contribution in [0, 0.1) is 5.82 Å². The van der Waals surface area contributed by atoms with Crippen LogP contribution in [0.1, 0.15) is 40.5 Å². The summed E-state index contributed by atoms with van der Waals surface area (Å²) in [6.07, 6.45) is 0.0310. The minimum atomic E-state index is -5.08. The van der Waals surface area contributed by atoms with Crippen molar-refractivity contribution in [2.45, 2.75) is 32.4 Å². The van der Waals surface area contributed by atoms with Gasteiger partial charge in [-0.2, -0.15) is 18.3 Å². The number of nitrogens with one attached hydrogen (secondary N) is 1. The highest BCUT2D eigenvalue weighted by atomic mass is 19.4. The molecule has 1 amide bonds.